The van der Waals surface area contributed by atoms with E-state index in [9.17, 15) is 23.6 Å². The second kappa shape index (κ2) is 12.5. The maximum absolute atomic E-state index is 13.8. The summed E-state index contributed by atoms with van der Waals surface area (Å²) in [5.41, 5.74) is 2.83. The maximum atomic E-state index is 13.8. The van der Waals surface area contributed by atoms with E-state index in [2.05, 4.69) is 5.32 Å². The Morgan fingerprint density at radius 1 is 0.976 bits per heavy atom. The van der Waals surface area contributed by atoms with E-state index in [1.54, 1.807) is 41.0 Å². The van der Waals surface area contributed by atoms with E-state index in [0.29, 0.717) is 29.9 Å². The molecule has 1 N–H and O–H groups in total. The highest BCUT2D eigenvalue weighted by Crippen LogP contribution is 2.30. The number of esters is 1. The van der Waals surface area contributed by atoms with Crippen LogP contribution in [0.2, 0.25) is 0 Å². The fourth-order valence-corrected chi connectivity index (χ4v) is 5.42. The number of rotatable bonds is 9. The maximum Gasteiger partial charge on any atom is 0.338 e. The lowest BCUT2D eigenvalue weighted by molar-refractivity contribution is -0.124. The number of thiocarbonyl (C=S) groups is 1. The van der Waals surface area contributed by atoms with Gasteiger partial charge in [-0.05, 0) is 91.8 Å². The minimum Gasteiger partial charge on any atom is -0.462 e. The highest BCUT2D eigenvalue weighted by molar-refractivity contribution is 7.80. The van der Waals surface area contributed by atoms with Crippen molar-refractivity contribution in [3.8, 4) is 0 Å². The Kier molecular flexibility index (Phi) is 8.58. The summed E-state index contributed by atoms with van der Waals surface area (Å²) in [7, 11) is 0. The number of carbonyl (C=O) groups is 4. The van der Waals surface area contributed by atoms with Crippen LogP contribution in [0.4, 0.5) is 21.5 Å². The summed E-state index contributed by atoms with van der Waals surface area (Å²) in [6.07, 6.45) is 1.15. The van der Waals surface area contributed by atoms with Crippen molar-refractivity contribution in [3.63, 3.8) is 0 Å². The lowest BCUT2D eigenvalue weighted by Crippen LogP contribution is -2.37. The van der Waals surface area contributed by atoms with Crippen molar-refractivity contribution < 1.29 is 28.3 Å². The molecule has 11 heteroatoms. The van der Waals surface area contributed by atoms with Gasteiger partial charge in [0.1, 0.15) is 11.9 Å². The van der Waals surface area contributed by atoms with Gasteiger partial charge in [0, 0.05) is 30.9 Å². The van der Waals surface area contributed by atoms with Crippen LogP contribution in [0.3, 0.4) is 0 Å². The van der Waals surface area contributed by atoms with E-state index in [1.165, 1.54) is 29.2 Å². The van der Waals surface area contributed by atoms with Crippen molar-refractivity contribution in [2.45, 2.75) is 38.8 Å². The van der Waals surface area contributed by atoms with E-state index in [0.717, 1.165) is 17.7 Å². The van der Waals surface area contributed by atoms with Crippen molar-refractivity contribution in [1.82, 2.24) is 4.90 Å². The van der Waals surface area contributed by atoms with Crippen LogP contribution in [0.15, 0.2) is 72.8 Å². The topological polar surface area (TPSA) is 99.3 Å². The van der Waals surface area contributed by atoms with Gasteiger partial charge in [-0.2, -0.15) is 0 Å². The average molecular weight is 589 g/mol. The van der Waals surface area contributed by atoms with Crippen molar-refractivity contribution in [2.24, 2.45) is 0 Å². The number of hydrogen-bond donors (Lipinski definition) is 1. The normalized spacial score (nSPS) is 16.8. The molecule has 0 unspecified atom stereocenters. The summed E-state index contributed by atoms with van der Waals surface area (Å²) < 4.78 is 18.4. The lowest BCUT2D eigenvalue weighted by Gasteiger charge is -2.24. The number of carbonyl (C=O) groups excluding carboxylic acids is 4. The molecule has 3 amide bonds. The molecule has 9 nitrogen and oxygen atoms in total. The number of benzene rings is 3. The first-order chi connectivity index (χ1) is 20.2. The average Bonchev–Trinajstić information content (AvgIpc) is 3.51. The number of nitrogens with one attached hydrogen (secondary N) is 1. The van der Waals surface area contributed by atoms with Crippen LogP contribution in [0, 0.1) is 5.82 Å². The fraction of sp³-hybridized carbons (Fsp3) is 0.258. The van der Waals surface area contributed by atoms with Gasteiger partial charge in [0.25, 0.3) is 5.91 Å². The minimum absolute atomic E-state index is 0.0888. The molecule has 5 rings (SSSR count). The number of anilines is 3. The van der Waals surface area contributed by atoms with Crippen LogP contribution in [-0.4, -0.2) is 52.9 Å². The molecule has 2 saturated heterocycles. The molecule has 2 heterocycles. The Morgan fingerprint density at radius 2 is 1.64 bits per heavy atom. The monoisotopic (exact) mass is 588 g/mol. The predicted octanol–water partition coefficient (Wildman–Crippen LogP) is 4.66. The summed E-state index contributed by atoms with van der Waals surface area (Å²) in [5.74, 6) is -1.64. The molecule has 2 aliphatic heterocycles. The van der Waals surface area contributed by atoms with Gasteiger partial charge in [0.2, 0.25) is 11.8 Å². The molecule has 2 aliphatic rings. The summed E-state index contributed by atoms with van der Waals surface area (Å²) in [6, 6.07) is 18.2. The third-order valence-electron chi connectivity index (χ3n) is 7.14. The van der Waals surface area contributed by atoms with E-state index in [4.69, 9.17) is 17.0 Å². The molecule has 3 aromatic rings. The van der Waals surface area contributed by atoms with Gasteiger partial charge in [0.15, 0.2) is 5.11 Å². The Bertz CT molecular complexity index is 1510. The predicted molar refractivity (Wildman–Crippen MR) is 159 cm³/mol. The van der Waals surface area contributed by atoms with Crippen molar-refractivity contribution >= 4 is 58.1 Å². The number of amides is 3. The first-order valence-corrected chi connectivity index (χ1v) is 14.0. The molecule has 2 fully saturated rings. The van der Waals surface area contributed by atoms with Crippen molar-refractivity contribution in [2.75, 3.05) is 28.3 Å². The lowest BCUT2D eigenvalue weighted by atomic mass is 10.1. The second-order valence-corrected chi connectivity index (χ2v) is 10.3. The Hall–Kier alpha value is -4.64. The smallest absolute Gasteiger partial charge is 0.338 e. The molecule has 0 aromatic heterocycles. The highest BCUT2D eigenvalue weighted by atomic mass is 32.1. The van der Waals surface area contributed by atoms with Gasteiger partial charge in [-0.15, -0.1) is 0 Å². The zero-order chi connectivity index (χ0) is 29.8. The molecule has 216 valence electrons. The highest BCUT2D eigenvalue weighted by Gasteiger charge is 2.44. The molecule has 0 radical (unpaired) electrons. The molecule has 0 spiro atoms. The van der Waals surface area contributed by atoms with Crippen LogP contribution in [-0.2, 0) is 25.7 Å². The fourth-order valence-electron chi connectivity index (χ4n) is 5.03. The van der Waals surface area contributed by atoms with Crippen LogP contribution >= 0.6 is 12.2 Å². The quantitative estimate of drug-likeness (QED) is 0.287. The zero-order valence-corrected chi connectivity index (χ0v) is 23.7. The van der Waals surface area contributed by atoms with Crippen molar-refractivity contribution in [3.05, 3.63) is 89.7 Å². The van der Waals surface area contributed by atoms with Gasteiger partial charge in [0.05, 0.1) is 24.3 Å². The van der Waals surface area contributed by atoms with E-state index >= 15 is 0 Å². The van der Waals surface area contributed by atoms with Gasteiger partial charge in [-0.3, -0.25) is 19.3 Å². The number of hydrogen-bond acceptors (Lipinski definition) is 6. The zero-order valence-electron chi connectivity index (χ0n) is 22.9. The van der Waals surface area contributed by atoms with E-state index < -0.39 is 29.6 Å². The van der Waals surface area contributed by atoms with Gasteiger partial charge < -0.3 is 19.9 Å². The van der Waals surface area contributed by atoms with Crippen LogP contribution in [0.5, 0.6) is 0 Å². The van der Waals surface area contributed by atoms with Gasteiger partial charge in [-0.25, -0.2) is 9.18 Å². The summed E-state index contributed by atoms with van der Waals surface area (Å²) >= 11 is 5.76. The SMILES string of the molecule is CCOC(=O)c1ccc(N2C(=O)[C@@H](CC(=O)Nc3ccc(F)cc3)N(Cc3ccc(N4CCCC4=O)cc3)C2=S)cc1. The number of halogens is 1. The first-order valence-electron chi connectivity index (χ1n) is 13.6. The Morgan fingerprint density at radius 3 is 2.26 bits per heavy atom. The number of ether oxygens (including phenoxy) is 1. The minimum atomic E-state index is -0.914. The molecular formula is C31H29FN4O5S. The first kappa shape index (κ1) is 28.9. The largest absolute Gasteiger partial charge is 0.462 e. The molecule has 0 bridgehead atoms. The van der Waals surface area contributed by atoms with Gasteiger partial charge in [-0.1, -0.05) is 12.1 Å². The second-order valence-electron chi connectivity index (χ2n) is 9.94. The van der Waals surface area contributed by atoms with Crippen LogP contribution < -0.4 is 15.1 Å². The Labute approximate surface area is 247 Å². The Balaban J connectivity index is 1.38. The molecular weight excluding hydrogens is 559 g/mol. The molecule has 0 saturated carbocycles. The molecule has 1 atom stereocenters. The third kappa shape index (κ3) is 6.15. The summed E-state index contributed by atoms with van der Waals surface area (Å²) in [4.78, 5) is 55.8. The van der Waals surface area contributed by atoms with Crippen LogP contribution in [0.25, 0.3) is 0 Å². The molecule has 42 heavy (non-hydrogen) atoms. The summed E-state index contributed by atoms with van der Waals surface area (Å²) in [6.45, 7) is 2.87. The third-order valence-corrected chi connectivity index (χ3v) is 7.55. The van der Waals surface area contributed by atoms with Gasteiger partial charge >= 0.3 is 5.97 Å². The summed E-state index contributed by atoms with van der Waals surface area (Å²) in [5, 5.41) is 2.92. The standard InChI is InChI=1S/C31H29FN4O5S/c1-2-41-30(40)21-7-15-25(16-8-21)36-29(39)26(18-27(37)33-23-11-9-22(32)10-12-23)35(31(36)42)19-20-5-13-24(14-6-20)34-17-3-4-28(34)38/h5-16,26H,2-4,17-19H2,1H3,(H,33,37)/t26-/m1/s1. The molecule has 3 aromatic carbocycles. The van der Waals surface area contributed by atoms with Crippen molar-refractivity contribution in [1.29, 1.82) is 0 Å². The van der Waals surface area contributed by atoms with E-state index in [1.807, 2.05) is 24.3 Å². The van der Waals surface area contributed by atoms with E-state index in [-0.39, 0.29) is 30.6 Å². The molecule has 0 aliphatic carbocycles. The number of nitrogens with zero attached hydrogens (tertiary/aromatic N) is 3. The van der Waals surface area contributed by atoms with Crippen LogP contribution in [0.1, 0.15) is 42.1 Å².